The molecule has 0 saturated carbocycles. The first-order valence-corrected chi connectivity index (χ1v) is 7.78. The maximum Gasteiger partial charge on any atom is 0.166 e. The summed E-state index contributed by atoms with van der Waals surface area (Å²) in [5, 5.41) is 0.765. The van der Waals surface area contributed by atoms with Crippen LogP contribution in [0.25, 0.3) is 0 Å². The molecule has 112 valence electrons. The fourth-order valence-corrected chi connectivity index (χ4v) is 2.70. The molecule has 0 aliphatic rings. The first-order chi connectivity index (χ1) is 9.88. The minimum atomic E-state index is -0.469. The number of benzene rings is 2. The van der Waals surface area contributed by atoms with Crippen LogP contribution < -0.4 is 10.5 Å². The molecule has 0 radical (unpaired) electrons. The number of hydrogen-bond donors (Lipinski definition) is 1. The SMILES string of the molecule is CC(N)Cc1cccc(F)c1Oc1cc(Cl)c(Br)cc1Cl. The first kappa shape index (κ1) is 16.6. The van der Waals surface area contributed by atoms with E-state index in [4.69, 9.17) is 33.7 Å². The molecule has 0 spiro atoms. The summed E-state index contributed by atoms with van der Waals surface area (Å²) in [6.45, 7) is 1.85. The molecule has 2 nitrogen and oxygen atoms in total. The Kier molecular flexibility index (Phi) is 5.49. The molecule has 2 aromatic rings. The topological polar surface area (TPSA) is 35.2 Å². The van der Waals surface area contributed by atoms with E-state index in [1.54, 1.807) is 18.2 Å². The second kappa shape index (κ2) is 6.97. The van der Waals surface area contributed by atoms with Crippen molar-refractivity contribution in [3.63, 3.8) is 0 Å². The van der Waals surface area contributed by atoms with Gasteiger partial charge in [-0.3, -0.25) is 0 Å². The van der Waals surface area contributed by atoms with Crippen molar-refractivity contribution < 1.29 is 9.13 Å². The highest BCUT2D eigenvalue weighted by Crippen LogP contribution is 2.38. The second-order valence-electron chi connectivity index (χ2n) is 4.71. The van der Waals surface area contributed by atoms with E-state index in [0.29, 0.717) is 32.3 Å². The number of halogens is 4. The van der Waals surface area contributed by atoms with Crippen LogP contribution in [0, 0.1) is 5.82 Å². The third kappa shape index (κ3) is 4.10. The molecule has 0 heterocycles. The Labute approximate surface area is 141 Å². The number of hydrogen-bond acceptors (Lipinski definition) is 2. The molecule has 0 fully saturated rings. The van der Waals surface area contributed by atoms with Gasteiger partial charge in [-0.15, -0.1) is 0 Å². The van der Waals surface area contributed by atoms with Crippen LogP contribution in [0.15, 0.2) is 34.8 Å². The lowest BCUT2D eigenvalue weighted by Crippen LogP contribution is -2.18. The van der Waals surface area contributed by atoms with E-state index in [9.17, 15) is 4.39 Å². The summed E-state index contributed by atoms with van der Waals surface area (Å²) < 4.78 is 20.3. The summed E-state index contributed by atoms with van der Waals surface area (Å²) in [4.78, 5) is 0. The van der Waals surface area contributed by atoms with Crippen molar-refractivity contribution in [2.24, 2.45) is 5.73 Å². The fraction of sp³-hybridized carbons (Fsp3) is 0.200. The largest absolute Gasteiger partial charge is 0.452 e. The Morgan fingerprint density at radius 2 is 2.00 bits per heavy atom. The van der Waals surface area contributed by atoms with Gasteiger partial charge in [0.1, 0.15) is 5.75 Å². The molecule has 1 unspecified atom stereocenters. The van der Waals surface area contributed by atoms with Crippen molar-refractivity contribution in [1.82, 2.24) is 0 Å². The van der Waals surface area contributed by atoms with Gasteiger partial charge in [-0.2, -0.15) is 0 Å². The van der Waals surface area contributed by atoms with Gasteiger partial charge in [-0.25, -0.2) is 4.39 Å². The van der Waals surface area contributed by atoms with Crippen LogP contribution in [0.5, 0.6) is 11.5 Å². The van der Waals surface area contributed by atoms with E-state index in [1.807, 2.05) is 6.92 Å². The van der Waals surface area contributed by atoms with Gasteiger partial charge in [-0.1, -0.05) is 35.3 Å². The van der Waals surface area contributed by atoms with E-state index >= 15 is 0 Å². The van der Waals surface area contributed by atoms with Crippen molar-refractivity contribution in [3.8, 4) is 11.5 Å². The van der Waals surface area contributed by atoms with Gasteiger partial charge in [0.15, 0.2) is 11.6 Å². The van der Waals surface area contributed by atoms with Gasteiger partial charge in [0.2, 0.25) is 0 Å². The Morgan fingerprint density at radius 1 is 1.29 bits per heavy atom. The first-order valence-electron chi connectivity index (χ1n) is 6.24. The van der Waals surface area contributed by atoms with E-state index in [2.05, 4.69) is 15.9 Å². The molecule has 2 rings (SSSR count). The van der Waals surface area contributed by atoms with Crippen molar-refractivity contribution >= 4 is 39.1 Å². The Hall–Kier alpha value is -0.810. The van der Waals surface area contributed by atoms with Crippen molar-refractivity contribution in [1.29, 1.82) is 0 Å². The molecule has 2 aromatic carbocycles. The summed E-state index contributed by atoms with van der Waals surface area (Å²) in [5.41, 5.74) is 6.46. The van der Waals surface area contributed by atoms with Gasteiger partial charge in [-0.05, 0) is 47.0 Å². The normalized spacial score (nSPS) is 12.3. The van der Waals surface area contributed by atoms with E-state index in [1.165, 1.54) is 12.1 Å². The molecule has 0 amide bonds. The smallest absolute Gasteiger partial charge is 0.166 e. The second-order valence-corrected chi connectivity index (χ2v) is 6.38. The Morgan fingerprint density at radius 3 is 2.67 bits per heavy atom. The molecular formula is C15H13BrCl2FNO. The van der Waals surface area contributed by atoms with E-state index in [0.717, 1.165) is 0 Å². The van der Waals surface area contributed by atoms with Crippen LogP contribution in [-0.2, 0) is 6.42 Å². The third-order valence-electron chi connectivity index (χ3n) is 2.78. The van der Waals surface area contributed by atoms with Crippen LogP contribution in [0.2, 0.25) is 10.0 Å². The molecule has 21 heavy (non-hydrogen) atoms. The van der Waals surface area contributed by atoms with Gasteiger partial charge < -0.3 is 10.5 Å². The predicted molar refractivity (Wildman–Crippen MR) is 88.0 cm³/mol. The fourth-order valence-electron chi connectivity index (χ4n) is 1.87. The zero-order valence-electron chi connectivity index (χ0n) is 11.2. The number of rotatable bonds is 4. The lowest BCUT2D eigenvalue weighted by atomic mass is 10.1. The quantitative estimate of drug-likeness (QED) is 0.689. The average Bonchev–Trinajstić information content (AvgIpc) is 2.39. The van der Waals surface area contributed by atoms with Crippen LogP contribution in [0.4, 0.5) is 4.39 Å². The predicted octanol–water partition coefficient (Wildman–Crippen LogP) is 5.58. The van der Waals surface area contributed by atoms with Gasteiger partial charge in [0.05, 0.1) is 10.0 Å². The Bertz CT molecular complexity index is 664. The zero-order chi connectivity index (χ0) is 15.6. The molecule has 0 aliphatic carbocycles. The Balaban J connectivity index is 2.42. The van der Waals surface area contributed by atoms with Crippen LogP contribution in [0.1, 0.15) is 12.5 Å². The lowest BCUT2D eigenvalue weighted by Gasteiger charge is -2.15. The molecule has 6 heteroatoms. The summed E-state index contributed by atoms with van der Waals surface area (Å²) in [6, 6.07) is 7.75. The summed E-state index contributed by atoms with van der Waals surface area (Å²) >= 11 is 15.4. The lowest BCUT2D eigenvalue weighted by molar-refractivity contribution is 0.434. The number of nitrogens with two attached hydrogens (primary N) is 1. The minimum absolute atomic E-state index is 0.113. The summed E-state index contributed by atoms with van der Waals surface area (Å²) in [6.07, 6.45) is 0.495. The monoisotopic (exact) mass is 391 g/mol. The van der Waals surface area contributed by atoms with Gasteiger partial charge in [0, 0.05) is 16.6 Å². The van der Waals surface area contributed by atoms with Crippen LogP contribution in [-0.4, -0.2) is 6.04 Å². The maximum atomic E-state index is 14.0. The minimum Gasteiger partial charge on any atom is -0.452 e. The molecule has 0 aromatic heterocycles. The van der Waals surface area contributed by atoms with Crippen molar-refractivity contribution in [2.75, 3.05) is 0 Å². The molecule has 2 N–H and O–H groups in total. The van der Waals surface area contributed by atoms with E-state index < -0.39 is 5.82 Å². The highest BCUT2D eigenvalue weighted by molar-refractivity contribution is 9.10. The molecule has 1 atom stereocenters. The molecular weight excluding hydrogens is 380 g/mol. The summed E-state index contributed by atoms with van der Waals surface area (Å²) in [5.74, 6) is -0.0563. The number of para-hydroxylation sites is 1. The average molecular weight is 393 g/mol. The van der Waals surface area contributed by atoms with Crippen molar-refractivity contribution in [3.05, 3.63) is 56.2 Å². The van der Waals surface area contributed by atoms with E-state index in [-0.39, 0.29) is 11.8 Å². The van der Waals surface area contributed by atoms with Crippen LogP contribution >= 0.6 is 39.1 Å². The highest BCUT2D eigenvalue weighted by Gasteiger charge is 2.15. The highest BCUT2D eigenvalue weighted by atomic mass is 79.9. The summed E-state index contributed by atoms with van der Waals surface area (Å²) in [7, 11) is 0. The third-order valence-corrected chi connectivity index (χ3v) is 4.27. The van der Waals surface area contributed by atoms with Gasteiger partial charge in [0.25, 0.3) is 0 Å². The molecule has 0 saturated heterocycles. The maximum absolute atomic E-state index is 14.0. The van der Waals surface area contributed by atoms with Crippen LogP contribution in [0.3, 0.4) is 0 Å². The molecule has 0 bridgehead atoms. The number of ether oxygens (including phenoxy) is 1. The van der Waals surface area contributed by atoms with Gasteiger partial charge >= 0.3 is 0 Å². The molecule has 0 aliphatic heterocycles. The standard InChI is InChI=1S/C15H13BrCl2FNO/c1-8(20)5-9-3-2-4-13(19)15(9)21-14-7-11(17)10(16)6-12(14)18/h2-4,6-8H,5,20H2,1H3. The van der Waals surface area contributed by atoms with Crippen molar-refractivity contribution in [2.45, 2.75) is 19.4 Å². The zero-order valence-corrected chi connectivity index (χ0v) is 14.3.